The predicted molar refractivity (Wildman–Crippen MR) is 88.8 cm³/mol. The van der Waals surface area contributed by atoms with E-state index >= 15 is 0 Å². The first-order valence-electron chi connectivity index (χ1n) is 7.07. The number of nitrogens with zero attached hydrogens (tertiary/aromatic N) is 1. The van der Waals surface area contributed by atoms with Crippen LogP contribution in [0.2, 0.25) is 0 Å². The lowest BCUT2D eigenvalue weighted by atomic mass is 10.1. The minimum Gasteiger partial charge on any atom is -0.507 e. The van der Waals surface area contributed by atoms with Crippen LogP contribution in [0.1, 0.15) is 29.3 Å². The molecule has 0 aliphatic carbocycles. The lowest BCUT2D eigenvalue weighted by Crippen LogP contribution is -2.17. The highest BCUT2D eigenvalue weighted by molar-refractivity contribution is 5.97. The van der Waals surface area contributed by atoms with E-state index in [-0.39, 0.29) is 11.3 Å². The van der Waals surface area contributed by atoms with Gasteiger partial charge in [-0.3, -0.25) is 4.79 Å². The molecule has 4 heteroatoms. The molecule has 0 atom stereocenters. The average molecular weight is 294 g/mol. The van der Waals surface area contributed by atoms with Crippen LogP contribution in [0.5, 0.6) is 5.75 Å². The fourth-order valence-corrected chi connectivity index (χ4v) is 1.89. The first-order chi connectivity index (χ1) is 10.7. The molecule has 1 amide bonds. The van der Waals surface area contributed by atoms with Crippen LogP contribution in [0.25, 0.3) is 6.08 Å². The molecule has 22 heavy (non-hydrogen) atoms. The van der Waals surface area contributed by atoms with Crippen molar-refractivity contribution in [2.45, 2.75) is 13.3 Å². The van der Waals surface area contributed by atoms with Crippen LogP contribution in [0, 0.1) is 0 Å². The molecule has 2 N–H and O–H groups in total. The number of hydrogen-bond donors (Lipinski definition) is 2. The summed E-state index contributed by atoms with van der Waals surface area (Å²) in [5, 5.41) is 13.6. The van der Waals surface area contributed by atoms with E-state index in [2.05, 4.69) is 10.5 Å². The zero-order valence-electron chi connectivity index (χ0n) is 12.4. The molecule has 0 heterocycles. The highest BCUT2D eigenvalue weighted by Crippen LogP contribution is 2.15. The molecule has 0 aliphatic rings. The summed E-state index contributed by atoms with van der Waals surface area (Å²) >= 11 is 0. The number of rotatable bonds is 5. The van der Waals surface area contributed by atoms with E-state index < -0.39 is 5.91 Å². The first kappa shape index (κ1) is 15.5. The number of benzene rings is 2. The molecule has 0 unspecified atom stereocenters. The van der Waals surface area contributed by atoms with Gasteiger partial charge in [-0.15, -0.1) is 0 Å². The molecule has 0 aromatic heterocycles. The van der Waals surface area contributed by atoms with Gasteiger partial charge in [0.15, 0.2) is 0 Å². The van der Waals surface area contributed by atoms with Crippen LogP contribution in [0.4, 0.5) is 0 Å². The molecule has 0 spiro atoms. The van der Waals surface area contributed by atoms with Crippen LogP contribution >= 0.6 is 0 Å². The number of para-hydroxylation sites is 1. The van der Waals surface area contributed by atoms with E-state index in [1.54, 1.807) is 24.4 Å². The zero-order chi connectivity index (χ0) is 15.8. The van der Waals surface area contributed by atoms with Gasteiger partial charge >= 0.3 is 0 Å². The van der Waals surface area contributed by atoms with Crippen molar-refractivity contribution >= 4 is 18.2 Å². The third kappa shape index (κ3) is 4.31. The van der Waals surface area contributed by atoms with Crippen molar-refractivity contribution in [2.75, 3.05) is 0 Å². The molecule has 0 saturated carbocycles. The summed E-state index contributed by atoms with van der Waals surface area (Å²) in [5.41, 5.74) is 4.69. The van der Waals surface area contributed by atoms with Crippen molar-refractivity contribution < 1.29 is 9.90 Å². The highest BCUT2D eigenvalue weighted by atomic mass is 16.3. The zero-order valence-corrected chi connectivity index (χ0v) is 12.4. The van der Waals surface area contributed by atoms with Gasteiger partial charge in [-0.25, -0.2) is 5.43 Å². The van der Waals surface area contributed by atoms with Gasteiger partial charge in [-0.2, -0.15) is 5.10 Å². The minimum atomic E-state index is -0.440. The van der Waals surface area contributed by atoms with E-state index in [1.165, 1.54) is 6.07 Å². The molecule has 2 rings (SSSR count). The number of phenols is 1. The summed E-state index contributed by atoms with van der Waals surface area (Å²) in [6.07, 6.45) is 4.42. The van der Waals surface area contributed by atoms with Crippen molar-refractivity contribution in [1.29, 1.82) is 0 Å². The fraction of sp³-hybridized carbons (Fsp3) is 0.111. The maximum atomic E-state index is 11.9. The number of carbonyl (C=O) groups excluding carboxylic acids is 1. The van der Waals surface area contributed by atoms with Gasteiger partial charge in [-0.1, -0.05) is 55.5 Å². The number of amides is 1. The van der Waals surface area contributed by atoms with Gasteiger partial charge in [0.25, 0.3) is 5.91 Å². The fourth-order valence-electron chi connectivity index (χ4n) is 1.89. The molecule has 0 radical (unpaired) electrons. The Morgan fingerprint density at radius 2 is 1.82 bits per heavy atom. The Morgan fingerprint density at radius 3 is 2.50 bits per heavy atom. The van der Waals surface area contributed by atoms with Crippen LogP contribution in [0.3, 0.4) is 0 Å². The maximum absolute atomic E-state index is 11.9. The molecule has 4 nitrogen and oxygen atoms in total. The number of carbonyl (C=O) groups is 1. The van der Waals surface area contributed by atoms with Crippen molar-refractivity contribution in [3.05, 3.63) is 71.3 Å². The lowest BCUT2D eigenvalue weighted by molar-refractivity contribution is 0.0952. The van der Waals surface area contributed by atoms with Gasteiger partial charge in [0, 0.05) is 0 Å². The van der Waals surface area contributed by atoms with Gasteiger partial charge in [0.2, 0.25) is 0 Å². The Morgan fingerprint density at radius 1 is 1.14 bits per heavy atom. The lowest BCUT2D eigenvalue weighted by Gasteiger charge is -2.02. The summed E-state index contributed by atoms with van der Waals surface area (Å²) in [7, 11) is 0. The Labute approximate surface area is 129 Å². The first-order valence-corrected chi connectivity index (χ1v) is 7.07. The Balaban J connectivity index is 2.03. The van der Waals surface area contributed by atoms with Gasteiger partial charge in [0.05, 0.1) is 11.8 Å². The Kier molecular flexibility index (Phi) is 5.49. The minimum absolute atomic E-state index is 0.0641. The predicted octanol–water partition coefficient (Wildman–Crippen LogP) is 3.60. The highest BCUT2D eigenvalue weighted by Gasteiger charge is 2.08. The Hall–Kier alpha value is -2.88. The van der Waals surface area contributed by atoms with E-state index in [0.29, 0.717) is 0 Å². The average Bonchev–Trinajstić information content (AvgIpc) is 2.55. The maximum Gasteiger partial charge on any atom is 0.275 e. The van der Waals surface area contributed by atoms with Gasteiger partial charge < -0.3 is 5.11 Å². The number of aromatic hydroxyl groups is 1. The molecule has 0 saturated heterocycles. The third-order valence-corrected chi connectivity index (χ3v) is 3.11. The van der Waals surface area contributed by atoms with Crippen molar-refractivity contribution in [3.8, 4) is 5.75 Å². The van der Waals surface area contributed by atoms with Crippen molar-refractivity contribution in [1.82, 2.24) is 5.43 Å². The van der Waals surface area contributed by atoms with Crippen LogP contribution < -0.4 is 5.43 Å². The number of allylic oxidation sites excluding steroid dienone is 1. The molecule has 112 valence electrons. The standard InChI is InChI=1S/C18H18N2O2/c1-2-14(12-15-8-4-3-5-9-15)13-19-20-18(22)16-10-6-7-11-17(16)21/h3-13,21H,2H2,1H3,(H,20,22)/b14-12+,19-13+. The summed E-state index contributed by atoms with van der Waals surface area (Å²) in [5.74, 6) is -0.504. The third-order valence-electron chi connectivity index (χ3n) is 3.11. The molecule has 0 aliphatic heterocycles. The summed E-state index contributed by atoms with van der Waals surface area (Å²) in [4.78, 5) is 11.9. The van der Waals surface area contributed by atoms with E-state index in [4.69, 9.17) is 0 Å². The molecule has 0 bridgehead atoms. The van der Waals surface area contributed by atoms with Crippen LogP contribution in [0.15, 0.2) is 65.3 Å². The monoisotopic (exact) mass is 294 g/mol. The molecular weight excluding hydrogens is 276 g/mol. The topological polar surface area (TPSA) is 61.7 Å². The van der Waals surface area contributed by atoms with Crippen LogP contribution in [-0.4, -0.2) is 17.2 Å². The summed E-state index contributed by atoms with van der Waals surface area (Å²) < 4.78 is 0. The largest absolute Gasteiger partial charge is 0.507 e. The second-order valence-electron chi connectivity index (χ2n) is 4.70. The second-order valence-corrected chi connectivity index (χ2v) is 4.70. The van der Waals surface area contributed by atoms with Crippen molar-refractivity contribution in [2.24, 2.45) is 5.10 Å². The Bertz CT molecular complexity index is 691. The van der Waals surface area contributed by atoms with Gasteiger partial charge in [-0.05, 0) is 29.7 Å². The summed E-state index contributed by atoms with van der Waals surface area (Å²) in [6.45, 7) is 2.02. The molecule has 0 fully saturated rings. The smallest absolute Gasteiger partial charge is 0.275 e. The number of nitrogens with one attached hydrogen (secondary N) is 1. The van der Waals surface area contributed by atoms with E-state index in [0.717, 1.165) is 17.6 Å². The molecule has 2 aromatic carbocycles. The van der Waals surface area contributed by atoms with Crippen molar-refractivity contribution in [3.63, 3.8) is 0 Å². The summed E-state index contributed by atoms with van der Waals surface area (Å²) in [6, 6.07) is 16.3. The number of hydrogen-bond acceptors (Lipinski definition) is 3. The van der Waals surface area contributed by atoms with E-state index in [1.807, 2.05) is 43.3 Å². The molecular formula is C18H18N2O2. The quantitative estimate of drug-likeness (QED) is 0.653. The van der Waals surface area contributed by atoms with Crippen LogP contribution in [-0.2, 0) is 0 Å². The van der Waals surface area contributed by atoms with E-state index in [9.17, 15) is 9.90 Å². The normalized spacial score (nSPS) is 11.6. The number of phenolic OH excluding ortho intramolecular Hbond substituents is 1. The second kappa shape index (κ2) is 7.78. The molecule has 2 aromatic rings. The number of hydrazone groups is 1. The van der Waals surface area contributed by atoms with Gasteiger partial charge in [0.1, 0.15) is 5.75 Å². The SMILES string of the molecule is CCC(/C=N/NC(=O)c1ccccc1O)=C\c1ccccc1.